The number of nitrogens with two attached hydrogens (primary N) is 1. The van der Waals surface area contributed by atoms with Gasteiger partial charge in [-0.1, -0.05) is 36.8 Å². The number of ether oxygens (including phenoxy) is 1. The number of fused-ring (bicyclic) bond motifs is 3. The fraction of sp³-hybridized carbons (Fsp3) is 0.476. The summed E-state index contributed by atoms with van der Waals surface area (Å²) in [5.41, 5.74) is 6.16. The van der Waals surface area contributed by atoms with E-state index >= 15 is 0 Å². The molecule has 2 saturated carbocycles. The summed E-state index contributed by atoms with van der Waals surface area (Å²) in [6.45, 7) is 0.0698. The van der Waals surface area contributed by atoms with Gasteiger partial charge >= 0.3 is 0 Å². The van der Waals surface area contributed by atoms with Gasteiger partial charge in [0.25, 0.3) is 5.91 Å². The Hall–Kier alpha value is -1.78. The summed E-state index contributed by atoms with van der Waals surface area (Å²) in [4.78, 5) is 12.4. The summed E-state index contributed by atoms with van der Waals surface area (Å²) < 4.78 is 5.72. The second kappa shape index (κ2) is 8.28. The summed E-state index contributed by atoms with van der Waals surface area (Å²) >= 11 is 0. The van der Waals surface area contributed by atoms with Crippen LogP contribution in [0.2, 0.25) is 0 Å². The molecule has 2 bridgehead atoms. The lowest BCUT2D eigenvalue weighted by molar-refractivity contribution is -0.125. The molecular formula is C21H27ClN2O2. The first-order valence-electron chi connectivity index (χ1n) is 9.35. The van der Waals surface area contributed by atoms with Gasteiger partial charge in [-0.15, -0.1) is 12.4 Å². The molecule has 0 spiro atoms. The quantitative estimate of drug-likeness (QED) is 0.858. The van der Waals surface area contributed by atoms with E-state index in [0.29, 0.717) is 17.9 Å². The van der Waals surface area contributed by atoms with Crippen molar-refractivity contribution >= 4 is 29.1 Å². The number of halogens is 1. The predicted molar refractivity (Wildman–Crippen MR) is 107 cm³/mol. The van der Waals surface area contributed by atoms with Crippen molar-refractivity contribution in [1.29, 1.82) is 0 Å². The van der Waals surface area contributed by atoms with Crippen molar-refractivity contribution in [2.24, 2.45) is 17.6 Å². The first kappa shape index (κ1) is 19.0. The highest BCUT2D eigenvalue weighted by Crippen LogP contribution is 2.39. The topological polar surface area (TPSA) is 64.3 Å². The zero-order valence-corrected chi connectivity index (χ0v) is 15.7. The average Bonchev–Trinajstić information content (AvgIpc) is 2.60. The second-order valence-corrected chi connectivity index (χ2v) is 7.57. The molecule has 0 aliphatic heterocycles. The monoisotopic (exact) mass is 374 g/mol. The van der Waals surface area contributed by atoms with Crippen molar-refractivity contribution in [3.05, 3.63) is 42.5 Å². The molecule has 4 nitrogen and oxygen atoms in total. The van der Waals surface area contributed by atoms with Crippen LogP contribution in [-0.2, 0) is 4.79 Å². The Balaban J connectivity index is 0.00000196. The minimum absolute atomic E-state index is 0. The summed E-state index contributed by atoms with van der Waals surface area (Å²) in [6, 6.07) is 14.6. The Morgan fingerprint density at radius 3 is 2.50 bits per heavy atom. The molecule has 5 heteroatoms. The molecular weight excluding hydrogens is 348 g/mol. The van der Waals surface area contributed by atoms with Gasteiger partial charge in [-0.2, -0.15) is 0 Å². The summed E-state index contributed by atoms with van der Waals surface area (Å²) in [5, 5.41) is 5.52. The number of hydrogen-bond donors (Lipinski definition) is 2. The van der Waals surface area contributed by atoms with Gasteiger partial charge in [0.1, 0.15) is 5.75 Å². The van der Waals surface area contributed by atoms with Crippen LogP contribution in [0.1, 0.15) is 32.1 Å². The second-order valence-electron chi connectivity index (χ2n) is 7.57. The lowest BCUT2D eigenvalue weighted by Gasteiger charge is -2.45. The first-order valence-corrected chi connectivity index (χ1v) is 9.35. The van der Waals surface area contributed by atoms with Crippen LogP contribution in [0.15, 0.2) is 42.5 Å². The number of carbonyl (C=O) groups is 1. The minimum Gasteiger partial charge on any atom is -0.484 e. The maximum Gasteiger partial charge on any atom is 0.258 e. The van der Waals surface area contributed by atoms with Gasteiger partial charge in [-0.25, -0.2) is 0 Å². The third kappa shape index (κ3) is 4.13. The highest BCUT2D eigenvalue weighted by atomic mass is 35.5. The van der Waals surface area contributed by atoms with Crippen LogP contribution in [-0.4, -0.2) is 24.6 Å². The largest absolute Gasteiger partial charge is 0.484 e. The van der Waals surface area contributed by atoms with Gasteiger partial charge in [0.05, 0.1) is 0 Å². The number of amides is 1. The Kier molecular flexibility index (Phi) is 6.05. The zero-order valence-electron chi connectivity index (χ0n) is 14.9. The number of benzene rings is 2. The summed E-state index contributed by atoms with van der Waals surface area (Å²) in [5.74, 6) is 1.78. The van der Waals surface area contributed by atoms with Crippen LogP contribution < -0.4 is 15.8 Å². The number of nitrogens with one attached hydrogen (secondary N) is 1. The van der Waals surface area contributed by atoms with Crippen LogP contribution in [0, 0.1) is 11.8 Å². The van der Waals surface area contributed by atoms with E-state index in [4.69, 9.17) is 10.5 Å². The van der Waals surface area contributed by atoms with Gasteiger partial charge in [0, 0.05) is 12.1 Å². The molecule has 0 saturated heterocycles. The molecule has 3 N–H and O–H groups in total. The molecule has 2 aliphatic carbocycles. The number of hydrogen-bond acceptors (Lipinski definition) is 3. The van der Waals surface area contributed by atoms with Crippen molar-refractivity contribution < 1.29 is 9.53 Å². The van der Waals surface area contributed by atoms with Crippen molar-refractivity contribution in [3.63, 3.8) is 0 Å². The molecule has 140 valence electrons. The van der Waals surface area contributed by atoms with Crippen LogP contribution in [0.5, 0.6) is 5.75 Å². The van der Waals surface area contributed by atoms with Crippen LogP contribution >= 0.6 is 12.4 Å². The molecule has 26 heavy (non-hydrogen) atoms. The maximum absolute atomic E-state index is 12.4. The van der Waals surface area contributed by atoms with Crippen LogP contribution in [0.25, 0.3) is 10.8 Å². The smallest absolute Gasteiger partial charge is 0.258 e. The molecule has 2 aliphatic rings. The molecule has 4 rings (SSSR count). The molecule has 1 amide bonds. The molecule has 2 aromatic rings. The summed E-state index contributed by atoms with van der Waals surface area (Å²) in [6.07, 6.45) is 5.70. The van der Waals surface area contributed by atoms with Gasteiger partial charge in [0.15, 0.2) is 6.61 Å². The van der Waals surface area contributed by atoms with E-state index in [1.54, 1.807) is 0 Å². The van der Waals surface area contributed by atoms with E-state index in [-0.39, 0.29) is 31.0 Å². The van der Waals surface area contributed by atoms with Crippen molar-refractivity contribution in [1.82, 2.24) is 5.32 Å². The van der Waals surface area contributed by atoms with Crippen LogP contribution in [0.3, 0.4) is 0 Å². The van der Waals surface area contributed by atoms with E-state index in [1.807, 2.05) is 30.3 Å². The lowest BCUT2D eigenvalue weighted by atomic mass is 9.67. The van der Waals surface area contributed by atoms with Crippen LogP contribution in [0.4, 0.5) is 0 Å². The van der Waals surface area contributed by atoms with Crippen molar-refractivity contribution in [3.8, 4) is 5.75 Å². The molecule has 2 atom stereocenters. The SMILES string of the molecule is Cl.NC1CC2CCCC(C1)C2NC(=O)COc1ccc2ccccc2c1. The van der Waals surface area contributed by atoms with Crippen molar-refractivity contribution in [2.45, 2.75) is 44.2 Å². The van der Waals surface area contributed by atoms with E-state index < -0.39 is 0 Å². The van der Waals surface area contributed by atoms with Gasteiger partial charge in [0.2, 0.25) is 0 Å². The lowest BCUT2D eigenvalue weighted by Crippen LogP contribution is -2.54. The molecule has 2 aromatic carbocycles. The normalized spacial score (nSPS) is 27.4. The highest BCUT2D eigenvalue weighted by molar-refractivity contribution is 5.85. The number of rotatable bonds is 4. The minimum atomic E-state index is -0.0227. The average molecular weight is 375 g/mol. The third-order valence-corrected chi connectivity index (χ3v) is 5.80. The Morgan fingerprint density at radius 2 is 1.77 bits per heavy atom. The van der Waals surface area contributed by atoms with E-state index in [9.17, 15) is 4.79 Å². The maximum atomic E-state index is 12.4. The number of carbonyl (C=O) groups excluding carboxylic acids is 1. The first-order chi connectivity index (χ1) is 12.2. The molecule has 2 unspecified atom stereocenters. The fourth-order valence-corrected chi connectivity index (χ4v) is 4.66. The van der Waals surface area contributed by atoms with E-state index in [2.05, 4.69) is 17.4 Å². The molecule has 0 radical (unpaired) electrons. The Labute approximate surface area is 160 Å². The molecule has 2 fully saturated rings. The standard InChI is InChI=1S/C21H26N2O2.ClH/c22-18-10-16-6-3-7-17(11-18)21(16)23-20(24)13-25-19-9-8-14-4-1-2-5-15(14)12-19;/h1-2,4-5,8-9,12,16-18,21H,3,6-7,10-11,13,22H2,(H,23,24);1H. The van der Waals surface area contributed by atoms with Gasteiger partial charge < -0.3 is 15.8 Å². The zero-order chi connectivity index (χ0) is 17.2. The van der Waals surface area contributed by atoms with Gasteiger partial charge in [-0.3, -0.25) is 4.79 Å². The third-order valence-electron chi connectivity index (χ3n) is 5.80. The summed E-state index contributed by atoms with van der Waals surface area (Å²) in [7, 11) is 0. The van der Waals surface area contributed by atoms with Gasteiger partial charge in [-0.05, 0) is 60.4 Å². The predicted octanol–water partition coefficient (Wildman–Crippen LogP) is 3.66. The Morgan fingerprint density at radius 1 is 1.08 bits per heavy atom. The fourth-order valence-electron chi connectivity index (χ4n) is 4.66. The molecule has 0 aromatic heterocycles. The van der Waals surface area contributed by atoms with E-state index in [0.717, 1.165) is 24.0 Å². The van der Waals surface area contributed by atoms with E-state index in [1.165, 1.54) is 24.6 Å². The highest BCUT2D eigenvalue weighted by Gasteiger charge is 2.39. The Bertz CT molecular complexity index is 753. The van der Waals surface area contributed by atoms with Crippen molar-refractivity contribution in [2.75, 3.05) is 6.61 Å². The molecule has 0 heterocycles.